The lowest BCUT2D eigenvalue weighted by molar-refractivity contribution is 0.100. The van der Waals surface area contributed by atoms with Gasteiger partial charge in [-0.3, -0.25) is 4.79 Å². The molecule has 0 spiro atoms. The zero-order chi connectivity index (χ0) is 21.7. The number of carbonyl (C=O) groups is 1. The van der Waals surface area contributed by atoms with Crippen LogP contribution in [0.25, 0.3) is 0 Å². The summed E-state index contributed by atoms with van der Waals surface area (Å²) in [6.07, 6.45) is 6.04. The van der Waals surface area contributed by atoms with Gasteiger partial charge in [-0.25, -0.2) is 14.4 Å². The Kier molecular flexibility index (Phi) is 7.28. The van der Waals surface area contributed by atoms with Crippen molar-refractivity contribution >= 4 is 34.8 Å². The third-order valence-electron chi connectivity index (χ3n) is 4.90. The van der Waals surface area contributed by atoms with Gasteiger partial charge in [-0.1, -0.05) is 31.4 Å². The molecule has 6 N–H and O–H groups in total. The minimum atomic E-state index is -0.813. The van der Waals surface area contributed by atoms with Gasteiger partial charge in [0.25, 0.3) is 5.91 Å². The van der Waals surface area contributed by atoms with Crippen LogP contribution in [0, 0.1) is 5.82 Å². The molecule has 0 aliphatic heterocycles. The minimum Gasteiger partial charge on any atom is -0.477 e. The van der Waals surface area contributed by atoms with Gasteiger partial charge in [-0.05, 0) is 31.4 Å². The highest BCUT2D eigenvalue weighted by atomic mass is 35.5. The van der Waals surface area contributed by atoms with Crippen molar-refractivity contribution in [1.29, 1.82) is 0 Å². The normalized spacial score (nSPS) is 18.7. The number of nitrogens with zero attached hydrogens (tertiary/aromatic N) is 2. The second-order valence-corrected chi connectivity index (χ2v) is 7.67. The standard InChI is InChI=1S/C20H26ClFN6O2/c1-2-7-30-20-13(21)8-11(10-25-20)26-18-12(17(24)29)9-14(22)19(28-18)27-16-6-4-3-5-15(16)23/h8-10,15-16H,2-7,23H2,1H3,(H2,24,29)(H2,26,27,28)/t15-,16+/m0/s1. The summed E-state index contributed by atoms with van der Waals surface area (Å²) in [7, 11) is 0. The molecule has 1 fully saturated rings. The molecule has 0 bridgehead atoms. The third-order valence-corrected chi connectivity index (χ3v) is 5.17. The van der Waals surface area contributed by atoms with Crippen LogP contribution in [0.3, 0.4) is 0 Å². The number of amides is 1. The van der Waals surface area contributed by atoms with E-state index in [0.717, 1.165) is 38.2 Å². The molecule has 2 atom stereocenters. The van der Waals surface area contributed by atoms with E-state index in [1.807, 2.05) is 6.92 Å². The Bertz CT molecular complexity index is 913. The number of hydrogen-bond acceptors (Lipinski definition) is 7. The Balaban J connectivity index is 1.87. The predicted molar refractivity (Wildman–Crippen MR) is 115 cm³/mol. The molecule has 2 heterocycles. The Labute approximate surface area is 179 Å². The monoisotopic (exact) mass is 436 g/mol. The first-order chi connectivity index (χ1) is 14.4. The van der Waals surface area contributed by atoms with Gasteiger partial charge in [0.1, 0.15) is 10.8 Å². The highest BCUT2D eigenvalue weighted by Gasteiger charge is 2.24. The maximum atomic E-state index is 14.6. The van der Waals surface area contributed by atoms with Gasteiger partial charge in [0, 0.05) is 12.1 Å². The molecule has 10 heteroatoms. The summed E-state index contributed by atoms with van der Waals surface area (Å²) in [6.45, 7) is 2.46. The van der Waals surface area contributed by atoms with Crippen LogP contribution in [0.4, 0.5) is 21.7 Å². The molecule has 0 saturated heterocycles. The Morgan fingerprint density at radius 2 is 2.10 bits per heavy atom. The lowest BCUT2D eigenvalue weighted by Crippen LogP contribution is -2.43. The first-order valence-corrected chi connectivity index (χ1v) is 10.3. The second-order valence-electron chi connectivity index (χ2n) is 7.26. The van der Waals surface area contributed by atoms with Crippen molar-refractivity contribution in [2.75, 3.05) is 17.2 Å². The van der Waals surface area contributed by atoms with E-state index in [1.54, 1.807) is 6.07 Å². The smallest absolute Gasteiger partial charge is 0.252 e. The maximum Gasteiger partial charge on any atom is 0.252 e. The average Bonchev–Trinajstić information content (AvgIpc) is 2.71. The highest BCUT2D eigenvalue weighted by molar-refractivity contribution is 6.32. The topological polar surface area (TPSA) is 128 Å². The number of halogens is 2. The molecule has 3 rings (SSSR count). The number of pyridine rings is 2. The molecule has 0 radical (unpaired) electrons. The first kappa shape index (κ1) is 22.0. The molecule has 162 valence electrons. The molecule has 0 aromatic carbocycles. The molecule has 2 aromatic heterocycles. The van der Waals surface area contributed by atoms with Crippen molar-refractivity contribution in [3.05, 3.63) is 34.7 Å². The average molecular weight is 437 g/mol. The van der Waals surface area contributed by atoms with Crippen LogP contribution < -0.4 is 26.8 Å². The van der Waals surface area contributed by atoms with Gasteiger partial charge < -0.3 is 26.8 Å². The molecular formula is C20H26ClFN6O2. The fraction of sp³-hybridized carbons (Fsp3) is 0.450. The van der Waals surface area contributed by atoms with Crippen LogP contribution in [-0.4, -0.2) is 34.6 Å². The van der Waals surface area contributed by atoms with Gasteiger partial charge in [0.2, 0.25) is 5.88 Å². The quantitative estimate of drug-likeness (QED) is 0.497. The summed E-state index contributed by atoms with van der Waals surface area (Å²) in [5.74, 6) is -1.08. The van der Waals surface area contributed by atoms with Crippen LogP contribution in [0.15, 0.2) is 18.3 Å². The van der Waals surface area contributed by atoms with Gasteiger partial charge in [0.15, 0.2) is 11.6 Å². The van der Waals surface area contributed by atoms with Crippen molar-refractivity contribution in [3.8, 4) is 5.88 Å². The van der Waals surface area contributed by atoms with Crippen molar-refractivity contribution in [2.24, 2.45) is 11.5 Å². The SMILES string of the molecule is CCCOc1ncc(Nc2nc(N[C@@H]3CCCC[C@@H]3N)c(F)cc2C(N)=O)cc1Cl. The van der Waals surface area contributed by atoms with E-state index in [4.69, 9.17) is 27.8 Å². The largest absolute Gasteiger partial charge is 0.477 e. The van der Waals surface area contributed by atoms with Crippen LogP contribution in [0.2, 0.25) is 5.02 Å². The summed E-state index contributed by atoms with van der Waals surface area (Å²) in [4.78, 5) is 20.3. The maximum absolute atomic E-state index is 14.6. The summed E-state index contributed by atoms with van der Waals surface area (Å²) in [5.41, 5.74) is 11.9. The second kappa shape index (κ2) is 9.90. The van der Waals surface area contributed by atoms with E-state index < -0.39 is 11.7 Å². The van der Waals surface area contributed by atoms with Gasteiger partial charge in [-0.15, -0.1) is 0 Å². The molecule has 30 heavy (non-hydrogen) atoms. The lowest BCUT2D eigenvalue weighted by Gasteiger charge is -2.30. The van der Waals surface area contributed by atoms with E-state index in [2.05, 4.69) is 20.6 Å². The Morgan fingerprint density at radius 3 is 2.77 bits per heavy atom. The molecular weight excluding hydrogens is 411 g/mol. The van der Waals surface area contributed by atoms with Gasteiger partial charge >= 0.3 is 0 Å². The van der Waals surface area contributed by atoms with Crippen molar-refractivity contribution in [2.45, 2.75) is 51.1 Å². The number of aromatic nitrogens is 2. The summed E-state index contributed by atoms with van der Waals surface area (Å²) < 4.78 is 20.0. The fourth-order valence-electron chi connectivity index (χ4n) is 3.32. The fourth-order valence-corrected chi connectivity index (χ4v) is 3.54. The molecule has 0 unspecified atom stereocenters. The van der Waals surface area contributed by atoms with E-state index in [-0.39, 0.29) is 29.3 Å². The number of carbonyl (C=O) groups excluding carboxylic acids is 1. The molecule has 8 nitrogen and oxygen atoms in total. The molecule has 2 aromatic rings. The van der Waals surface area contributed by atoms with Crippen molar-refractivity contribution in [1.82, 2.24) is 9.97 Å². The summed E-state index contributed by atoms with van der Waals surface area (Å²) in [5, 5.41) is 6.31. The summed E-state index contributed by atoms with van der Waals surface area (Å²) >= 11 is 6.21. The van der Waals surface area contributed by atoms with Crippen molar-refractivity contribution in [3.63, 3.8) is 0 Å². The third kappa shape index (κ3) is 5.28. The zero-order valence-corrected chi connectivity index (χ0v) is 17.5. The van der Waals surface area contributed by atoms with E-state index in [1.165, 1.54) is 6.20 Å². The minimum absolute atomic E-state index is 0.00630. The van der Waals surface area contributed by atoms with Crippen LogP contribution in [-0.2, 0) is 0 Å². The number of nitrogens with two attached hydrogens (primary N) is 2. The van der Waals surface area contributed by atoms with E-state index >= 15 is 0 Å². The number of primary amides is 1. The van der Waals surface area contributed by atoms with Crippen molar-refractivity contribution < 1.29 is 13.9 Å². The van der Waals surface area contributed by atoms with Crippen LogP contribution in [0.5, 0.6) is 5.88 Å². The number of ether oxygens (including phenoxy) is 1. The first-order valence-electron chi connectivity index (χ1n) is 9.96. The number of nitrogens with one attached hydrogen (secondary N) is 2. The zero-order valence-electron chi connectivity index (χ0n) is 16.8. The number of anilines is 3. The highest BCUT2D eigenvalue weighted by Crippen LogP contribution is 2.29. The van der Waals surface area contributed by atoms with Crippen LogP contribution in [0.1, 0.15) is 49.4 Å². The number of hydrogen-bond donors (Lipinski definition) is 4. The van der Waals surface area contributed by atoms with E-state index in [0.29, 0.717) is 23.2 Å². The Hall–Kier alpha value is -2.65. The van der Waals surface area contributed by atoms with Gasteiger partial charge in [0.05, 0.1) is 24.1 Å². The Morgan fingerprint density at radius 1 is 1.33 bits per heavy atom. The van der Waals surface area contributed by atoms with Crippen LogP contribution >= 0.6 is 11.6 Å². The van der Waals surface area contributed by atoms with Gasteiger partial charge in [-0.2, -0.15) is 0 Å². The number of rotatable bonds is 8. The van der Waals surface area contributed by atoms with E-state index in [9.17, 15) is 9.18 Å². The molecule has 1 aliphatic carbocycles. The lowest BCUT2D eigenvalue weighted by atomic mass is 9.91. The molecule has 1 amide bonds. The summed E-state index contributed by atoms with van der Waals surface area (Å²) in [6, 6.07) is 2.45. The predicted octanol–water partition coefficient (Wildman–Crippen LogP) is 3.58. The molecule has 1 saturated carbocycles. The molecule has 1 aliphatic rings.